The standard InChI is InChI=1S/C12H10ClFN2O2S/c1-7-5-15-12(19-6-11(17)18)16(7)8-2-3-10(14)9(13)4-8/h2-5H,6H2,1H3,(H,17,18). The van der Waals surface area contributed by atoms with E-state index in [2.05, 4.69) is 4.98 Å². The number of carbonyl (C=O) groups is 1. The number of benzene rings is 1. The molecule has 0 aliphatic heterocycles. The fourth-order valence-electron chi connectivity index (χ4n) is 1.58. The molecule has 0 aliphatic carbocycles. The van der Waals surface area contributed by atoms with Crippen molar-refractivity contribution in [1.29, 1.82) is 0 Å². The molecule has 0 fully saturated rings. The van der Waals surface area contributed by atoms with Gasteiger partial charge < -0.3 is 5.11 Å². The second-order valence-electron chi connectivity index (χ2n) is 3.80. The summed E-state index contributed by atoms with van der Waals surface area (Å²) in [7, 11) is 0. The molecule has 2 rings (SSSR count). The summed E-state index contributed by atoms with van der Waals surface area (Å²) in [5.74, 6) is -1.51. The van der Waals surface area contributed by atoms with Crippen molar-refractivity contribution in [3.63, 3.8) is 0 Å². The largest absolute Gasteiger partial charge is 0.481 e. The van der Waals surface area contributed by atoms with E-state index in [-0.39, 0.29) is 10.8 Å². The van der Waals surface area contributed by atoms with Crippen LogP contribution in [0.25, 0.3) is 5.69 Å². The molecule has 1 N–H and O–H groups in total. The van der Waals surface area contributed by atoms with Crippen molar-refractivity contribution in [3.05, 3.63) is 40.9 Å². The van der Waals surface area contributed by atoms with Gasteiger partial charge in [-0.15, -0.1) is 0 Å². The van der Waals surface area contributed by atoms with E-state index in [1.807, 2.05) is 6.92 Å². The van der Waals surface area contributed by atoms with Crippen LogP contribution in [0.2, 0.25) is 5.02 Å². The molecule has 0 aliphatic rings. The van der Waals surface area contributed by atoms with Gasteiger partial charge in [-0.2, -0.15) is 0 Å². The van der Waals surface area contributed by atoms with Gasteiger partial charge in [0, 0.05) is 17.6 Å². The van der Waals surface area contributed by atoms with E-state index in [4.69, 9.17) is 16.7 Å². The van der Waals surface area contributed by atoms with E-state index < -0.39 is 11.8 Å². The average Bonchev–Trinajstić information content (AvgIpc) is 2.71. The summed E-state index contributed by atoms with van der Waals surface area (Å²) < 4.78 is 14.9. The SMILES string of the molecule is Cc1cnc(SCC(=O)O)n1-c1ccc(F)c(Cl)c1. The highest BCUT2D eigenvalue weighted by molar-refractivity contribution is 7.99. The maximum absolute atomic E-state index is 13.2. The van der Waals surface area contributed by atoms with Crippen LogP contribution in [0.5, 0.6) is 0 Å². The van der Waals surface area contributed by atoms with Gasteiger partial charge in [-0.05, 0) is 25.1 Å². The minimum atomic E-state index is -0.922. The van der Waals surface area contributed by atoms with E-state index >= 15 is 0 Å². The summed E-state index contributed by atoms with van der Waals surface area (Å²) in [5, 5.41) is 9.24. The quantitative estimate of drug-likeness (QED) is 0.881. The van der Waals surface area contributed by atoms with Crippen LogP contribution < -0.4 is 0 Å². The van der Waals surface area contributed by atoms with Crippen LogP contribution in [0.15, 0.2) is 29.6 Å². The van der Waals surface area contributed by atoms with Crippen molar-refractivity contribution < 1.29 is 14.3 Å². The van der Waals surface area contributed by atoms with Crippen molar-refractivity contribution in [2.75, 3.05) is 5.75 Å². The van der Waals surface area contributed by atoms with Gasteiger partial charge in [-0.1, -0.05) is 23.4 Å². The molecule has 1 aromatic heterocycles. The zero-order valence-electron chi connectivity index (χ0n) is 9.93. The molecule has 19 heavy (non-hydrogen) atoms. The highest BCUT2D eigenvalue weighted by Gasteiger charge is 2.12. The first-order chi connectivity index (χ1) is 8.99. The fourth-order valence-corrected chi connectivity index (χ4v) is 2.51. The van der Waals surface area contributed by atoms with Crippen molar-refractivity contribution >= 4 is 29.3 Å². The summed E-state index contributed by atoms with van der Waals surface area (Å²) in [6.45, 7) is 1.83. The number of rotatable bonds is 4. The second-order valence-corrected chi connectivity index (χ2v) is 5.15. The maximum atomic E-state index is 13.2. The number of carboxylic acid groups (broad SMARTS) is 1. The number of hydrogen-bond donors (Lipinski definition) is 1. The van der Waals surface area contributed by atoms with Gasteiger partial charge in [0.25, 0.3) is 0 Å². The van der Waals surface area contributed by atoms with Crippen LogP contribution in [0.3, 0.4) is 0 Å². The molecule has 0 unspecified atom stereocenters. The van der Waals surface area contributed by atoms with Crippen molar-refractivity contribution in [3.8, 4) is 5.69 Å². The summed E-state index contributed by atoms with van der Waals surface area (Å²) in [4.78, 5) is 14.7. The number of halogens is 2. The van der Waals surface area contributed by atoms with Gasteiger partial charge in [0.15, 0.2) is 5.16 Å². The Morgan fingerprint density at radius 1 is 1.58 bits per heavy atom. The molecule has 0 amide bonds. The molecule has 4 nitrogen and oxygen atoms in total. The summed E-state index contributed by atoms with van der Waals surface area (Å²) in [5.41, 5.74) is 1.46. The number of imidazole rings is 1. The predicted molar refractivity (Wildman–Crippen MR) is 71.6 cm³/mol. The van der Waals surface area contributed by atoms with Gasteiger partial charge in [0.05, 0.1) is 10.8 Å². The Morgan fingerprint density at radius 2 is 2.32 bits per heavy atom. The molecular weight excluding hydrogens is 291 g/mol. The first-order valence-electron chi connectivity index (χ1n) is 5.33. The minimum absolute atomic E-state index is 0.0137. The molecule has 0 spiro atoms. The topological polar surface area (TPSA) is 55.1 Å². The van der Waals surface area contributed by atoms with E-state index in [1.54, 1.807) is 16.8 Å². The molecule has 1 aromatic carbocycles. The first kappa shape index (κ1) is 13.9. The molecule has 0 radical (unpaired) electrons. The van der Waals surface area contributed by atoms with Crippen molar-refractivity contribution in [2.24, 2.45) is 0 Å². The molecule has 0 bridgehead atoms. The smallest absolute Gasteiger partial charge is 0.313 e. The zero-order chi connectivity index (χ0) is 14.0. The van der Waals surface area contributed by atoms with Gasteiger partial charge in [-0.3, -0.25) is 9.36 Å². The van der Waals surface area contributed by atoms with Gasteiger partial charge in [-0.25, -0.2) is 9.37 Å². The third-order valence-corrected chi connectivity index (χ3v) is 3.62. The maximum Gasteiger partial charge on any atom is 0.313 e. The number of aromatic nitrogens is 2. The zero-order valence-corrected chi connectivity index (χ0v) is 11.5. The average molecular weight is 301 g/mol. The van der Waals surface area contributed by atoms with Gasteiger partial charge in [0.2, 0.25) is 0 Å². The molecule has 100 valence electrons. The normalized spacial score (nSPS) is 10.7. The van der Waals surface area contributed by atoms with Crippen LogP contribution >= 0.6 is 23.4 Å². The predicted octanol–water partition coefficient (Wildman–Crippen LogP) is 3.15. The Morgan fingerprint density at radius 3 is 2.95 bits per heavy atom. The minimum Gasteiger partial charge on any atom is -0.481 e. The first-order valence-corrected chi connectivity index (χ1v) is 6.69. The van der Waals surface area contributed by atoms with Crippen molar-refractivity contribution in [1.82, 2.24) is 9.55 Å². The monoisotopic (exact) mass is 300 g/mol. The number of thioether (sulfide) groups is 1. The third kappa shape index (κ3) is 3.08. The fraction of sp³-hybridized carbons (Fsp3) is 0.167. The Labute approximate surface area is 118 Å². The lowest BCUT2D eigenvalue weighted by Gasteiger charge is -2.09. The Balaban J connectivity index is 2.40. The van der Waals surface area contributed by atoms with Gasteiger partial charge in [0.1, 0.15) is 5.82 Å². The highest BCUT2D eigenvalue weighted by Crippen LogP contribution is 2.25. The molecule has 0 saturated carbocycles. The number of hydrogen-bond acceptors (Lipinski definition) is 3. The second kappa shape index (κ2) is 5.63. The van der Waals surface area contributed by atoms with Crippen molar-refractivity contribution in [2.45, 2.75) is 12.1 Å². The number of nitrogens with zero attached hydrogens (tertiary/aromatic N) is 2. The Hall–Kier alpha value is -1.53. The third-order valence-electron chi connectivity index (χ3n) is 2.39. The van der Waals surface area contributed by atoms with E-state index in [0.717, 1.165) is 17.5 Å². The van der Waals surface area contributed by atoms with E-state index in [1.165, 1.54) is 12.1 Å². The summed E-state index contributed by atoms with van der Waals surface area (Å²) >= 11 is 6.85. The van der Waals surface area contributed by atoms with E-state index in [0.29, 0.717) is 10.8 Å². The summed E-state index contributed by atoms with van der Waals surface area (Å²) in [6, 6.07) is 4.32. The van der Waals surface area contributed by atoms with Crippen LogP contribution in [0, 0.1) is 12.7 Å². The summed E-state index contributed by atoms with van der Waals surface area (Å²) in [6.07, 6.45) is 1.63. The van der Waals surface area contributed by atoms with Crippen LogP contribution in [0.4, 0.5) is 4.39 Å². The molecular formula is C12H10ClFN2O2S. The molecule has 2 aromatic rings. The lowest BCUT2D eigenvalue weighted by Crippen LogP contribution is -2.03. The van der Waals surface area contributed by atoms with Gasteiger partial charge >= 0.3 is 5.97 Å². The molecule has 0 saturated heterocycles. The van der Waals surface area contributed by atoms with E-state index in [9.17, 15) is 9.18 Å². The number of aryl methyl sites for hydroxylation is 1. The number of carboxylic acids is 1. The lowest BCUT2D eigenvalue weighted by molar-refractivity contribution is -0.133. The number of aliphatic carboxylic acids is 1. The Kier molecular flexibility index (Phi) is 4.11. The molecule has 1 heterocycles. The highest BCUT2D eigenvalue weighted by atomic mass is 35.5. The lowest BCUT2D eigenvalue weighted by atomic mass is 10.3. The molecule has 7 heteroatoms. The van der Waals surface area contributed by atoms with Crippen LogP contribution in [-0.2, 0) is 4.79 Å². The van der Waals surface area contributed by atoms with Crippen LogP contribution in [-0.4, -0.2) is 26.4 Å². The Bertz CT molecular complexity index is 630. The molecule has 0 atom stereocenters. The van der Waals surface area contributed by atoms with Crippen LogP contribution in [0.1, 0.15) is 5.69 Å².